The van der Waals surface area contributed by atoms with Crippen molar-refractivity contribution in [2.45, 2.75) is 26.3 Å². The van der Waals surface area contributed by atoms with Crippen molar-refractivity contribution in [2.24, 2.45) is 5.73 Å². The number of benzene rings is 1. The SMILES string of the molecule is Cc1nc(-c2cc(Br)ccc2F)sc1CC(C)N. The van der Waals surface area contributed by atoms with Gasteiger partial charge in [0, 0.05) is 21.0 Å². The van der Waals surface area contributed by atoms with Gasteiger partial charge in [0.25, 0.3) is 0 Å². The Morgan fingerprint density at radius 3 is 2.89 bits per heavy atom. The lowest BCUT2D eigenvalue weighted by Gasteiger charge is -2.01. The lowest BCUT2D eigenvalue weighted by atomic mass is 10.2. The number of halogens is 2. The number of rotatable bonds is 3. The minimum Gasteiger partial charge on any atom is -0.328 e. The topological polar surface area (TPSA) is 38.9 Å². The summed E-state index contributed by atoms with van der Waals surface area (Å²) < 4.78 is 14.6. The van der Waals surface area contributed by atoms with Gasteiger partial charge in [0.05, 0.1) is 5.69 Å². The first-order valence-electron chi connectivity index (χ1n) is 5.64. The fraction of sp³-hybridized carbons (Fsp3) is 0.308. The molecule has 96 valence electrons. The lowest BCUT2D eigenvalue weighted by molar-refractivity contribution is 0.631. The predicted molar refractivity (Wildman–Crippen MR) is 77.3 cm³/mol. The number of aryl methyl sites for hydroxylation is 1. The Kier molecular flexibility index (Phi) is 4.14. The van der Waals surface area contributed by atoms with Gasteiger partial charge >= 0.3 is 0 Å². The van der Waals surface area contributed by atoms with Crippen LogP contribution in [-0.2, 0) is 6.42 Å². The standard InChI is InChI=1S/C13H14BrFN2S/c1-7(16)5-12-8(2)17-13(18-12)10-6-9(14)3-4-11(10)15/h3-4,6-7H,5,16H2,1-2H3. The molecule has 0 saturated heterocycles. The molecule has 0 fully saturated rings. The summed E-state index contributed by atoms with van der Waals surface area (Å²) in [6.45, 7) is 3.89. The van der Waals surface area contributed by atoms with Crippen LogP contribution in [0, 0.1) is 12.7 Å². The molecule has 0 bridgehead atoms. The van der Waals surface area contributed by atoms with Gasteiger partial charge in [-0.15, -0.1) is 11.3 Å². The van der Waals surface area contributed by atoms with Crippen LogP contribution >= 0.6 is 27.3 Å². The minimum absolute atomic E-state index is 0.0874. The van der Waals surface area contributed by atoms with Gasteiger partial charge in [-0.3, -0.25) is 0 Å². The van der Waals surface area contributed by atoms with E-state index in [4.69, 9.17) is 5.73 Å². The monoisotopic (exact) mass is 328 g/mol. The Morgan fingerprint density at radius 1 is 1.50 bits per heavy atom. The van der Waals surface area contributed by atoms with Crippen LogP contribution in [0.5, 0.6) is 0 Å². The Labute approximate surface area is 118 Å². The first-order chi connectivity index (χ1) is 8.47. The summed E-state index contributed by atoms with van der Waals surface area (Å²) in [7, 11) is 0. The highest BCUT2D eigenvalue weighted by Gasteiger charge is 2.14. The van der Waals surface area contributed by atoms with Gasteiger partial charge in [-0.25, -0.2) is 9.37 Å². The fourth-order valence-corrected chi connectivity index (χ4v) is 3.27. The van der Waals surface area contributed by atoms with Crippen LogP contribution in [0.3, 0.4) is 0 Å². The first kappa shape index (κ1) is 13.6. The zero-order valence-electron chi connectivity index (χ0n) is 10.2. The number of aromatic nitrogens is 1. The van der Waals surface area contributed by atoms with E-state index in [9.17, 15) is 4.39 Å². The maximum absolute atomic E-state index is 13.8. The van der Waals surface area contributed by atoms with Crippen LogP contribution in [0.4, 0.5) is 4.39 Å². The molecule has 0 spiro atoms. The lowest BCUT2D eigenvalue weighted by Crippen LogP contribution is -2.17. The van der Waals surface area contributed by atoms with E-state index in [0.29, 0.717) is 10.6 Å². The molecule has 0 saturated carbocycles. The summed E-state index contributed by atoms with van der Waals surface area (Å²) >= 11 is 4.86. The molecule has 1 aromatic heterocycles. The van der Waals surface area contributed by atoms with E-state index in [-0.39, 0.29) is 11.9 Å². The Balaban J connectivity index is 2.42. The molecule has 2 nitrogen and oxygen atoms in total. The van der Waals surface area contributed by atoms with Crippen LogP contribution in [0.25, 0.3) is 10.6 Å². The molecular weight excluding hydrogens is 315 g/mol. The van der Waals surface area contributed by atoms with Gasteiger partial charge in [-0.1, -0.05) is 15.9 Å². The van der Waals surface area contributed by atoms with E-state index in [2.05, 4.69) is 20.9 Å². The van der Waals surface area contributed by atoms with E-state index in [0.717, 1.165) is 21.5 Å². The van der Waals surface area contributed by atoms with Gasteiger partial charge < -0.3 is 5.73 Å². The van der Waals surface area contributed by atoms with E-state index in [1.54, 1.807) is 12.1 Å². The van der Waals surface area contributed by atoms with Crippen molar-refractivity contribution >= 4 is 27.3 Å². The zero-order chi connectivity index (χ0) is 13.3. The number of nitrogens with zero attached hydrogens (tertiary/aromatic N) is 1. The predicted octanol–water partition coefficient (Wildman–Crippen LogP) is 3.91. The van der Waals surface area contributed by atoms with Crippen molar-refractivity contribution in [1.82, 2.24) is 4.98 Å². The van der Waals surface area contributed by atoms with E-state index < -0.39 is 0 Å². The first-order valence-corrected chi connectivity index (χ1v) is 7.25. The molecule has 0 aliphatic carbocycles. The molecule has 0 amide bonds. The molecule has 0 aliphatic heterocycles. The van der Waals surface area contributed by atoms with Crippen LogP contribution in [-0.4, -0.2) is 11.0 Å². The summed E-state index contributed by atoms with van der Waals surface area (Å²) in [5, 5.41) is 0.710. The summed E-state index contributed by atoms with van der Waals surface area (Å²) in [6.07, 6.45) is 0.777. The largest absolute Gasteiger partial charge is 0.328 e. The molecule has 1 unspecified atom stereocenters. The average molecular weight is 329 g/mol. The number of nitrogens with two attached hydrogens (primary N) is 1. The number of thiazole rings is 1. The second kappa shape index (κ2) is 5.47. The molecule has 5 heteroatoms. The highest BCUT2D eigenvalue weighted by molar-refractivity contribution is 9.10. The van der Waals surface area contributed by atoms with Crippen molar-refractivity contribution in [2.75, 3.05) is 0 Å². The van der Waals surface area contributed by atoms with Crippen molar-refractivity contribution in [3.8, 4) is 10.6 Å². The van der Waals surface area contributed by atoms with Crippen molar-refractivity contribution in [1.29, 1.82) is 0 Å². The molecule has 0 aliphatic rings. The van der Waals surface area contributed by atoms with Crippen LogP contribution in [0.1, 0.15) is 17.5 Å². The molecule has 1 aromatic carbocycles. The molecule has 2 N–H and O–H groups in total. The minimum atomic E-state index is -0.251. The molecule has 2 rings (SSSR count). The van der Waals surface area contributed by atoms with Gasteiger partial charge in [-0.05, 0) is 38.5 Å². The second-order valence-electron chi connectivity index (χ2n) is 4.33. The van der Waals surface area contributed by atoms with Crippen LogP contribution in [0.15, 0.2) is 22.7 Å². The zero-order valence-corrected chi connectivity index (χ0v) is 12.6. The fourth-order valence-electron chi connectivity index (χ4n) is 1.69. The second-order valence-corrected chi connectivity index (χ2v) is 6.33. The van der Waals surface area contributed by atoms with Crippen molar-refractivity contribution in [3.05, 3.63) is 39.1 Å². The molecule has 1 atom stereocenters. The van der Waals surface area contributed by atoms with Gasteiger partial charge in [0.1, 0.15) is 10.8 Å². The molecule has 0 radical (unpaired) electrons. The van der Waals surface area contributed by atoms with Crippen molar-refractivity contribution in [3.63, 3.8) is 0 Å². The molecule has 2 aromatic rings. The smallest absolute Gasteiger partial charge is 0.133 e. The van der Waals surface area contributed by atoms with E-state index in [1.165, 1.54) is 17.4 Å². The summed E-state index contributed by atoms with van der Waals surface area (Å²) in [6, 6.07) is 4.97. The number of hydrogen-bond donors (Lipinski definition) is 1. The highest BCUT2D eigenvalue weighted by atomic mass is 79.9. The molecule has 1 heterocycles. The molecular formula is C13H14BrFN2S. The van der Waals surface area contributed by atoms with Gasteiger partial charge in [-0.2, -0.15) is 0 Å². The third kappa shape index (κ3) is 2.96. The Hall–Kier alpha value is -0.780. The third-order valence-electron chi connectivity index (χ3n) is 2.56. The molecule has 18 heavy (non-hydrogen) atoms. The Morgan fingerprint density at radius 2 is 2.22 bits per heavy atom. The van der Waals surface area contributed by atoms with E-state index >= 15 is 0 Å². The Bertz CT molecular complexity index is 566. The number of hydrogen-bond acceptors (Lipinski definition) is 3. The normalized spacial score (nSPS) is 12.7. The summed E-state index contributed by atoms with van der Waals surface area (Å²) in [5.41, 5.74) is 7.26. The van der Waals surface area contributed by atoms with Crippen molar-refractivity contribution < 1.29 is 4.39 Å². The highest BCUT2D eigenvalue weighted by Crippen LogP contribution is 2.32. The quantitative estimate of drug-likeness (QED) is 0.927. The van der Waals surface area contributed by atoms with Crippen LogP contribution in [0.2, 0.25) is 0 Å². The van der Waals surface area contributed by atoms with Gasteiger partial charge in [0.2, 0.25) is 0 Å². The maximum Gasteiger partial charge on any atom is 0.133 e. The van der Waals surface area contributed by atoms with Crippen LogP contribution < -0.4 is 5.73 Å². The summed E-state index contributed by atoms with van der Waals surface area (Å²) in [4.78, 5) is 5.56. The summed E-state index contributed by atoms with van der Waals surface area (Å²) in [5.74, 6) is -0.251. The average Bonchev–Trinajstić information content (AvgIpc) is 2.63. The maximum atomic E-state index is 13.8. The van der Waals surface area contributed by atoms with E-state index in [1.807, 2.05) is 13.8 Å². The third-order valence-corrected chi connectivity index (χ3v) is 4.27. The van der Waals surface area contributed by atoms with Gasteiger partial charge in [0.15, 0.2) is 0 Å².